The normalized spacial score (nSPS) is 13.8. The van der Waals surface area contributed by atoms with Gasteiger partial charge >= 0.3 is 0 Å². The molecule has 2 rings (SSSR count). The molecule has 0 saturated carbocycles. The summed E-state index contributed by atoms with van der Waals surface area (Å²) < 4.78 is 36.1. The summed E-state index contributed by atoms with van der Waals surface area (Å²) in [4.78, 5) is 0.0111. The molecule has 2 aromatic carbocycles. The number of hydrogen-bond donors (Lipinski definition) is 3. The number of aliphatic hydroxyl groups excluding tert-OH is 3. The maximum absolute atomic E-state index is 12.8. The first kappa shape index (κ1) is 22.7. The smallest absolute Gasteiger partial charge is 0.206 e. The third kappa shape index (κ3) is 5.97. The molecule has 0 bridgehead atoms. The molecule has 0 heterocycles. The van der Waals surface area contributed by atoms with Crippen LogP contribution in [0.25, 0.3) is 0 Å². The fourth-order valence-electron chi connectivity index (χ4n) is 2.09. The van der Waals surface area contributed by atoms with Gasteiger partial charge in [-0.25, -0.2) is 8.42 Å². The molecule has 10 heteroatoms. The first-order valence-electron chi connectivity index (χ1n) is 8.21. The fraction of sp³-hybridized carbons (Fsp3) is 0.333. The van der Waals surface area contributed by atoms with Crippen LogP contribution in [-0.2, 0) is 9.84 Å². The van der Waals surface area contributed by atoms with E-state index in [1.807, 2.05) is 0 Å². The predicted octanol–water partition coefficient (Wildman–Crippen LogP) is 1.88. The van der Waals surface area contributed by atoms with Crippen molar-refractivity contribution >= 4 is 33.0 Å². The van der Waals surface area contributed by atoms with Crippen LogP contribution in [0.3, 0.4) is 0 Å². The van der Waals surface area contributed by atoms with Gasteiger partial charge < -0.3 is 24.8 Å². The Labute approximate surface area is 173 Å². The van der Waals surface area contributed by atoms with Crippen molar-refractivity contribution < 1.29 is 33.2 Å². The topological polar surface area (TPSA) is 113 Å². The van der Waals surface area contributed by atoms with Gasteiger partial charge in [0.05, 0.1) is 27.3 Å². The van der Waals surface area contributed by atoms with E-state index in [1.54, 1.807) is 0 Å². The Morgan fingerprint density at radius 1 is 0.929 bits per heavy atom. The van der Waals surface area contributed by atoms with Gasteiger partial charge in [-0.15, -0.1) is 11.6 Å². The van der Waals surface area contributed by atoms with Gasteiger partial charge in [0.1, 0.15) is 36.9 Å². The lowest BCUT2D eigenvalue weighted by Gasteiger charge is -2.13. The molecule has 2 aromatic rings. The Balaban J connectivity index is 2.14. The van der Waals surface area contributed by atoms with Crippen molar-refractivity contribution in [1.29, 1.82) is 0 Å². The lowest BCUT2D eigenvalue weighted by atomic mass is 10.3. The van der Waals surface area contributed by atoms with Crippen LogP contribution in [0, 0.1) is 0 Å². The molecule has 2 atom stereocenters. The highest BCUT2D eigenvalue weighted by Crippen LogP contribution is 2.31. The standard InChI is InChI=1S/C18H20Cl2O7S/c19-8-12(22)10-27-18-6-5-16(7-17(18)20)28(24,25)15-3-1-14(2-4-15)26-11-13(23)9-21/h1-7,12-13,21-23H,8-11H2. The van der Waals surface area contributed by atoms with Crippen molar-refractivity contribution in [2.24, 2.45) is 0 Å². The molecule has 0 aliphatic heterocycles. The van der Waals surface area contributed by atoms with Crippen LogP contribution in [0.5, 0.6) is 11.5 Å². The average molecular weight is 451 g/mol. The molecule has 0 fully saturated rings. The van der Waals surface area contributed by atoms with Gasteiger partial charge in [-0.05, 0) is 42.5 Å². The minimum Gasteiger partial charge on any atom is -0.491 e. The van der Waals surface area contributed by atoms with Crippen molar-refractivity contribution in [2.75, 3.05) is 25.7 Å². The second-order valence-electron chi connectivity index (χ2n) is 5.83. The molecule has 0 aliphatic carbocycles. The molecular formula is C18H20Cl2O7S. The lowest BCUT2D eigenvalue weighted by Crippen LogP contribution is -2.21. The SMILES string of the molecule is O=S(=O)(c1ccc(OCC(O)CO)cc1)c1ccc(OCC(O)CCl)c(Cl)c1. The zero-order chi connectivity index (χ0) is 20.7. The molecule has 0 aromatic heterocycles. The molecule has 0 aliphatic rings. The van der Waals surface area contributed by atoms with Crippen LogP contribution < -0.4 is 9.47 Å². The molecular weight excluding hydrogens is 431 g/mol. The zero-order valence-corrected chi connectivity index (χ0v) is 17.0. The molecule has 7 nitrogen and oxygen atoms in total. The Morgan fingerprint density at radius 3 is 2.11 bits per heavy atom. The summed E-state index contributed by atoms with van der Waals surface area (Å²) in [6.45, 7) is -0.613. The van der Waals surface area contributed by atoms with E-state index in [1.165, 1.54) is 42.5 Å². The molecule has 0 spiro atoms. The molecule has 0 amide bonds. The van der Waals surface area contributed by atoms with Crippen LogP contribution in [0.1, 0.15) is 0 Å². The van der Waals surface area contributed by atoms with E-state index in [0.29, 0.717) is 5.75 Å². The molecule has 154 valence electrons. The number of rotatable bonds is 10. The molecule has 0 saturated heterocycles. The Kier molecular flexibility index (Phi) is 8.36. The van der Waals surface area contributed by atoms with Gasteiger partial charge in [-0.3, -0.25) is 0 Å². The number of benzene rings is 2. The fourth-order valence-corrected chi connectivity index (χ4v) is 3.77. The third-order valence-corrected chi connectivity index (χ3v) is 6.03. The summed E-state index contributed by atoms with van der Waals surface area (Å²) >= 11 is 11.6. The van der Waals surface area contributed by atoms with Crippen LogP contribution in [0.15, 0.2) is 52.3 Å². The van der Waals surface area contributed by atoms with E-state index in [0.717, 1.165) is 0 Å². The molecule has 3 N–H and O–H groups in total. The van der Waals surface area contributed by atoms with E-state index in [-0.39, 0.29) is 39.7 Å². The second-order valence-corrected chi connectivity index (χ2v) is 8.50. The van der Waals surface area contributed by atoms with Gasteiger partial charge in [0, 0.05) is 0 Å². The molecule has 0 radical (unpaired) electrons. The van der Waals surface area contributed by atoms with Gasteiger partial charge in [0.2, 0.25) is 9.84 Å². The first-order valence-corrected chi connectivity index (χ1v) is 10.6. The summed E-state index contributed by atoms with van der Waals surface area (Å²) in [6, 6.07) is 9.65. The van der Waals surface area contributed by atoms with E-state index in [9.17, 15) is 18.6 Å². The quantitative estimate of drug-likeness (QED) is 0.473. The monoisotopic (exact) mass is 450 g/mol. The number of ether oxygens (including phenoxy) is 2. The predicted molar refractivity (Wildman–Crippen MR) is 104 cm³/mol. The summed E-state index contributed by atoms with van der Waals surface area (Å²) in [5.74, 6) is 0.588. The number of aliphatic hydroxyl groups is 3. The van der Waals surface area contributed by atoms with Gasteiger partial charge in [0.25, 0.3) is 0 Å². The van der Waals surface area contributed by atoms with Gasteiger partial charge in [-0.2, -0.15) is 0 Å². The van der Waals surface area contributed by atoms with Crippen molar-refractivity contribution in [2.45, 2.75) is 22.0 Å². The van der Waals surface area contributed by atoms with Gasteiger partial charge in [0.15, 0.2) is 0 Å². The second kappa shape index (κ2) is 10.3. The Hall–Kier alpha value is -1.55. The third-order valence-electron chi connectivity index (χ3n) is 3.61. The Morgan fingerprint density at radius 2 is 1.54 bits per heavy atom. The molecule has 28 heavy (non-hydrogen) atoms. The van der Waals surface area contributed by atoms with Crippen molar-refractivity contribution in [3.63, 3.8) is 0 Å². The van der Waals surface area contributed by atoms with Crippen LogP contribution in [-0.4, -0.2) is 61.6 Å². The van der Waals surface area contributed by atoms with E-state index in [4.69, 9.17) is 37.8 Å². The first-order chi connectivity index (χ1) is 13.3. The maximum atomic E-state index is 12.8. The van der Waals surface area contributed by atoms with E-state index < -0.39 is 28.7 Å². The summed E-state index contributed by atoms with van der Waals surface area (Å²) in [6.07, 6.45) is -1.88. The minimum absolute atomic E-state index is 0.00273. The number of halogens is 2. The van der Waals surface area contributed by atoms with Crippen molar-refractivity contribution in [3.05, 3.63) is 47.5 Å². The van der Waals surface area contributed by atoms with E-state index >= 15 is 0 Å². The van der Waals surface area contributed by atoms with Crippen LogP contribution >= 0.6 is 23.2 Å². The highest BCUT2D eigenvalue weighted by molar-refractivity contribution is 7.91. The van der Waals surface area contributed by atoms with Crippen molar-refractivity contribution in [3.8, 4) is 11.5 Å². The number of hydrogen-bond acceptors (Lipinski definition) is 7. The summed E-state index contributed by atoms with van der Waals surface area (Å²) in [7, 11) is -3.82. The summed E-state index contributed by atoms with van der Waals surface area (Å²) in [5, 5.41) is 27.5. The van der Waals surface area contributed by atoms with Crippen LogP contribution in [0.2, 0.25) is 5.02 Å². The van der Waals surface area contributed by atoms with Crippen molar-refractivity contribution in [1.82, 2.24) is 0 Å². The highest BCUT2D eigenvalue weighted by atomic mass is 35.5. The zero-order valence-electron chi connectivity index (χ0n) is 14.7. The number of sulfone groups is 1. The Bertz CT molecular complexity index is 872. The summed E-state index contributed by atoms with van der Waals surface area (Å²) in [5.41, 5.74) is 0. The van der Waals surface area contributed by atoms with Gasteiger partial charge in [-0.1, -0.05) is 11.6 Å². The maximum Gasteiger partial charge on any atom is 0.206 e. The largest absolute Gasteiger partial charge is 0.491 e. The van der Waals surface area contributed by atoms with Crippen LogP contribution in [0.4, 0.5) is 0 Å². The highest BCUT2D eigenvalue weighted by Gasteiger charge is 2.20. The molecule has 2 unspecified atom stereocenters. The average Bonchev–Trinajstić information content (AvgIpc) is 2.70. The number of alkyl halides is 1. The van der Waals surface area contributed by atoms with E-state index in [2.05, 4.69) is 0 Å². The minimum atomic E-state index is -3.82. The lowest BCUT2D eigenvalue weighted by molar-refractivity contribution is 0.0536.